The molecular weight excluding hydrogens is 208 g/mol. The zero-order chi connectivity index (χ0) is 11.1. The summed E-state index contributed by atoms with van der Waals surface area (Å²) in [7, 11) is -0.741. The maximum atomic E-state index is 11.6. The molecule has 2 atom stereocenters. The first-order valence-corrected chi connectivity index (χ1v) is 6.66. The number of pyridine rings is 1. The van der Waals surface area contributed by atoms with Crippen LogP contribution < -0.4 is 5.73 Å². The topological polar surface area (TPSA) is 56.0 Å². The summed E-state index contributed by atoms with van der Waals surface area (Å²) in [5.74, 6) is 1.43. The lowest BCUT2D eigenvalue weighted by Gasteiger charge is -2.05. The van der Waals surface area contributed by atoms with Gasteiger partial charge in [-0.2, -0.15) is 0 Å². The molecule has 0 aliphatic rings. The maximum absolute atomic E-state index is 11.6. The Hall–Kier alpha value is -0.740. The molecule has 1 aromatic rings. The minimum absolute atomic E-state index is 0.148. The third-order valence-corrected chi connectivity index (χ3v) is 3.52. The molecule has 0 spiro atoms. The molecule has 0 saturated carbocycles. The first-order valence-electron chi connectivity index (χ1n) is 5.18. The van der Waals surface area contributed by atoms with E-state index in [0.29, 0.717) is 5.75 Å². The predicted molar refractivity (Wildman–Crippen MR) is 64.1 cm³/mol. The Balaban J connectivity index is 2.23. The molecule has 0 bridgehead atoms. The molecule has 1 aromatic heterocycles. The minimum atomic E-state index is -0.741. The molecule has 1 heterocycles. The highest BCUT2D eigenvalue weighted by Gasteiger charge is 2.02. The van der Waals surface area contributed by atoms with Gasteiger partial charge < -0.3 is 5.73 Å². The Kier molecular flexibility index (Phi) is 5.50. The Morgan fingerprint density at radius 1 is 1.40 bits per heavy atom. The standard InChI is InChI=1S/C11H18N2OS/c1-10(12)4-8-15(14)9-5-11-2-6-13-7-3-11/h2-3,6-7,10H,4-5,8-9,12H2,1H3. The maximum Gasteiger partial charge on any atom is 0.0275 e. The average molecular weight is 226 g/mol. The number of hydrogen-bond donors (Lipinski definition) is 1. The number of nitrogens with zero attached hydrogens (tertiary/aromatic N) is 1. The normalized spacial score (nSPS) is 14.8. The number of aryl methyl sites for hydroxylation is 1. The fraction of sp³-hybridized carbons (Fsp3) is 0.545. The van der Waals surface area contributed by atoms with Crippen molar-refractivity contribution in [1.82, 2.24) is 4.98 Å². The van der Waals surface area contributed by atoms with Gasteiger partial charge in [0.05, 0.1) is 0 Å². The number of aromatic nitrogens is 1. The number of rotatable bonds is 6. The number of nitrogens with two attached hydrogens (primary N) is 1. The van der Waals surface area contributed by atoms with Gasteiger partial charge in [0.25, 0.3) is 0 Å². The third-order valence-electron chi connectivity index (χ3n) is 2.17. The Morgan fingerprint density at radius 2 is 2.07 bits per heavy atom. The zero-order valence-electron chi connectivity index (χ0n) is 9.06. The first kappa shape index (κ1) is 12.3. The summed E-state index contributed by atoms with van der Waals surface area (Å²) >= 11 is 0. The fourth-order valence-electron chi connectivity index (χ4n) is 1.20. The highest BCUT2D eigenvalue weighted by atomic mass is 32.2. The average Bonchev–Trinajstić information content (AvgIpc) is 2.25. The molecule has 0 aromatic carbocycles. The van der Waals surface area contributed by atoms with Crippen molar-refractivity contribution >= 4 is 10.8 Å². The quantitative estimate of drug-likeness (QED) is 0.790. The van der Waals surface area contributed by atoms with Crippen LogP contribution in [-0.2, 0) is 17.2 Å². The molecular formula is C11H18N2OS. The van der Waals surface area contributed by atoms with Crippen molar-refractivity contribution in [3.63, 3.8) is 0 Å². The molecule has 84 valence electrons. The molecule has 0 fully saturated rings. The summed E-state index contributed by atoms with van der Waals surface area (Å²) in [6, 6.07) is 4.07. The van der Waals surface area contributed by atoms with Crippen LogP contribution in [0.5, 0.6) is 0 Å². The van der Waals surface area contributed by atoms with Gasteiger partial charge in [-0.3, -0.25) is 9.19 Å². The predicted octanol–water partition coefficient (Wildman–Crippen LogP) is 1.11. The minimum Gasteiger partial charge on any atom is -0.328 e. The van der Waals surface area contributed by atoms with Crippen LogP contribution in [0.3, 0.4) is 0 Å². The lowest BCUT2D eigenvalue weighted by Crippen LogP contribution is -2.19. The van der Waals surface area contributed by atoms with Crippen molar-refractivity contribution in [3.05, 3.63) is 30.1 Å². The van der Waals surface area contributed by atoms with Crippen molar-refractivity contribution in [1.29, 1.82) is 0 Å². The van der Waals surface area contributed by atoms with Gasteiger partial charge in [-0.15, -0.1) is 0 Å². The van der Waals surface area contributed by atoms with Gasteiger partial charge in [0.1, 0.15) is 0 Å². The van der Waals surface area contributed by atoms with E-state index in [1.165, 1.54) is 5.56 Å². The summed E-state index contributed by atoms with van der Waals surface area (Å²) in [6.07, 6.45) is 5.22. The Labute approximate surface area is 93.6 Å². The van der Waals surface area contributed by atoms with Gasteiger partial charge in [0, 0.05) is 40.7 Å². The van der Waals surface area contributed by atoms with E-state index >= 15 is 0 Å². The van der Waals surface area contributed by atoms with Crippen molar-refractivity contribution < 1.29 is 4.21 Å². The zero-order valence-corrected chi connectivity index (χ0v) is 9.87. The molecule has 4 heteroatoms. The van der Waals surface area contributed by atoms with Crippen molar-refractivity contribution in [2.24, 2.45) is 5.73 Å². The summed E-state index contributed by atoms with van der Waals surface area (Å²) in [5.41, 5.74) is 6.80. The molecule has 0 aliphatic heterocycles. The van der Waals surface area contributed by atoms with Gasteiger partial charge in [0.15, 0.2) is 0 Å². The molecule has 0 amide bonds. The van der Waals surface area contributed by atoms with Gasteiger partial charge in [-0.1, -0.05) is 0 Å². The van der Waals surface area contributed by atoms with Crippen LogP contribution in [0.1, 0.15) is 18.9 Å². The van der Waals surface area contributed by atoms with E-state index in [1.807, 2.05) is 19.1 Å². The molecule has 3 nitrogen and oxygen atoms in total. The first-order chi connectivity index (χ1) is 7.18. The highest BCUT2D eigenvalue weighted by molar-refractivity contribution is 7.84. The fourth-order valence-corrected chi connectivity index (χ4v) is 2.50. The van der Waals surface area contributed by atoms with Gasteiger partial charge in [-0.25, -0.2) is 0 Å². The molecule has 1 rings (SSSR count). The van der Waals surface area contributed by atoms with E-state index in [0.717, 1.165) is 18.6 Å². The summed E-state index contributed by atoms with van der Waals surface area (Å²) < 4.78 is 11.6. The van der Waals surface area contributed by atoms with E-state index < -0.39 is 10.8 Å². The summed E-state index contributed by atoms with van der Waals surface area (Å²) in [4.78, 5) is 3.94. The lowest BCUT2D eigenvalue weighted by atomic mass is 10.2. The molecule has 15 heavy (non-hydrogen) atoms. The highest BCUT2D eigenvalue weighted by Crippen LogP contribution is 2.00. The van der Waals surface area contributed by atoms with Crippen LogP contribution in [0.2, 0.25) is 0 Å². The molecule has 2 N–H and O–H groups in total. The van der Waals surface area contributed by atoms with Crippen molar-refractivity contribution in [3.8, 4) is 0 Å². The molecule has 0 aliphatic carbocycles. The van der Waals surface area contributed by atoms with Crippen molar-refractivity contribution in [2.75, 3.05) is 11.5 Å². The second-order valence-corrected chi connectivity index (χ2v) is 5.42. The van der Waals surface area contributed by atoms with Crippen LogP contribution in [0, 0.1) is 0 Å². The van der Waals surface area contributed by atoms with E-state index in [-0.39, 0.29) is 6.04 Å². The van der Waals surface area contributed by atoms with E-state index in [9.17, 15) is 4.21 Å². The second-order valence-electron chi connectivity index (χ2n) is 3.72. The molecule has 0 saturated heterocycles. The Bertz CT molecular complexity index is 301. The molecule has 2 unspecified atom stereocenters. The van der Waals surface area contributed by atoms with Crippen LogP contribution >= 0.6 is 0 Å². The molecule has 0 radical (unpaired) electrons. The van der Waals surface area contributed by atoms with Crippen LogP contribution in [0.25, 0.3) is 0 Å². The number of hydrogen-bond acceptors (Lipinski definition) is 3. The third kappa shape index (κ3) is 5.64. The van der Waals surface area contributed by atoms with Gasteiger partial charge in [0.2, 0.25) is 0 Å². The van der Waals surface area contributed by atoms with Gasteiger partial charge >= 0.3 is 0 Å². The van der Waals surface area contributed by atoms with E-state index in [4.69, 9.17) is 5.73 Å². The van der Waals surface area contributed by atoms with Crippen LogP contribution in [-0.4, -0.2) is 26.7 Å². The van der Waals surface area contributed by atoms with Crippen LogP contribution in [0.4, 0.5) is 0 Å². The monoisotopic (exact) mass is 226 g/mol. The van der Waals surface area contributed by atoms with E-state index in [2.05, 4.69) is 4.98 Å². The Morgan fingerprint density at radius 3 is 2.67 bits per heavy atom. The second kappa shape index (κ2) is 6.69. The van der Waals surface area contributed by atoms with E-state index in [1.54, 1.807) is 12.4 Å². The largest absolute Gasteiger partial charge is 0.328 e. The summed E-state index contributed by atoms with van der Waals surface area (Å²) in [6.45, 7) is 1.94. The van der Waals surface area contributed by atoms with Gasteiger partial charge in [-0.05, 0) is 37.5 Å². The van der Waals surface area contributed by atoms with Crippen molar-refractivity contribution in [2.45, 2.75) is 25.8 Å². The SMILES string of the molecule is CC(N)CCS(=O)CCc1ccncc1. The van der Waals surface area contributed by atoms with Crippen LogP contribution in [0.15, 0.2) is 24.5 Å². The summed E-state index contributed by atoms with van der Waals surface area (Å²) in [5, 5.41) is 0. The lowest BCUT2D eigenvalue weighted by molar-refractivity contribution is 0.667. The smallest absolute Gasteiger partial charge is 0.0275 e.